The fourth-order valence-electron chi connectivity index (χ4n) is 4.46. The van der Waals surface area contributed by atoms with Crippen molar-refractivity contribution in [1.82, 2.24) is 0 Å². The third-order valence-electron chi connectivity index (χ3n) is 6.57. The average molecular weight is 541 g/mol. The molecule has 0 fully saturated rings. The minimum absolute atomic E-state index is 0.0582. The molecule has 0 aliphatic heterocycles. The summed E-state index contributed by atoms with van der Waals surface area (Å²) in [5.41, 5.74) is 1.07. The lowest BCUT2D eigenvalue weighted by Gasteiger charge is -2.24. The summed E-state index contributed by atoms with van der Waals surface area (Å²) in [5, 5.41) is 0. The van der Waals surface area contributed by atoms with Gasteiger partial charge in [-0.1, -0.05) is 76.8 Å². The Labute approximate surface area is 227 Å². The highest BCUT2D eigenvalue weighted by atomic mass is 31.2. The van der Waals surface area contributed by atoms with E-state index in [9.17, 15) is 14.3 Å². The van der Waals surface area contributed by atoms with Crippen LogP contribution < -0.4 is 4.74 Å². The van der Waals surface area contributed by atoms with Crippen LogP contribution in [0, 0.1) is 5.92 Å². The molecule has 0 saturated heterocycles. The molecule has 0 spiro atoms. The lowest BCUT2D eigenvalue weighted by atomic mass is 9.95. The van der Waals surface area contributed by atoms with Crippen LogP contribution >= 0.6 is 7.60 Å². The fraction of sp³-hybridized carbons (Fsp3) is 0.767. The molecule has 0 aliphatic carbocycles. The minimum Gasteiger partial charge on any atom is -0.494 e. The summed E-state index contributed by atoms with van der Waals surface area (Å²) in [6.45, 7) is 5.45. The van der Waals surface area contributed by atoms with Crippen molar-refractivity contribution in [3.8, 4) is 5.75 Å². The maximum Gasteiger partial charge on any atom is 0.328 e. The molecule has 7 heteroatoms. The van der Waals surface area contributed by atoms with Gasteiger partial charge in [0.25, 0.3) is 0 Å². The summed E-state index contributed by atoms with van der Waals surface area (Å²) in [6.07, 6.45) is 14.8. The van der Waals surface area contributed by atoms with Gasteiger partial charge in [-0.2, -0.15) is 0 Å². The first-order valence-electron chi connectivity index (χ1n) is 14.5. The van der Waals surface area contributed by atoms with Crippen LogP contribution in [-0.2, 0) is 20.3 Å². The van der Waals surface area contributed by atoms with Crippen molar-refractivity contribution in [3.05, 3.63) is 29.8 Å². The largest absolute Gasteiger partial charge is 0.494 e. The molecule has 37 heavy (non-hydrogen) atoms. The molecule has 2 atom stereocenters. The van der Waals surface area contributed by atoms with Gasteiger partial charge in [-0.3, -0.25) is 4.57 Å². The molecule has 1 rings (SSSR count). The molecule has 0 aliphatic rings. The Balaban J connectivity index is 2.34. The summed E-state index contributed by atoms with van der Waals surface area (Å²) in [4.78, 5) is 22.0. The molecule has 0 bridgehead atoms. The molecule has 214 valence electrons. The predicted molar refractivity (Wildman–Crippen MR) is 154 cm³/mol. The van der Waals surface area contributed by atoms with Crippen LogP contribution in [0.1, 0.15) is 96.5 Å². The maximum absolute atomic E-state index is 12.5. The molecule has 0 aromatic heterocycles. The Morgan fingerprint density at radius 3 is 2.03 bits per heavy atom. The summed E-state index contributed by atoms with van der Waals surface area (Å²) in [7, 11) is 2.51. The normalized spacial score (nSPS) is 14.3. The van der Waals surface area contributed by atoms with Crippen LogP contribution in [0.5, 0.6) is 5.75 Å². The molecule has 0 saturated carbocycles. The first-order chi connectivity index (χ1) is 17.5. The van der Waals surface area contributed by atoms with E-state index in [4.69, 9.17) is 9.26 Å². The van der Waals surface area contributed by atoms with Gasteiger partial charge in [-0.15, -0.1) is 0 Å². The quantitative estimate of drug-likeness (QED) is 0.0888. The first kappa shape index (κ1) is 33.8. The van der Waals surface area contributed by atoms with Gasteiger partial charge in [-0.05, 0) is 43.4 Å². The van der Waals surface area contributed by atoms with Gasteiger partial charge in [0.1, 0.15) is 11.5 Å². The number of hydrogen-bond donors (Lipinski definition) is 1. The molecule has 0 radical (unpaired) electrons. The van der Waals surface area contributed by atoms with E-state index >= 15 is 0 Å². The number of Topliss-reactive ketones (excluding diaryl/α,β-unsaturated/α-hetero) is 1. The number of ether oxygens (including phenoxy) is 1. The lowest BCUT2D eigenvalue weighted by Crippen LogP contribution is -2.35. The number of hydrogen-bond acceptors (Lipinski definition) is 4. The predicted octanol–water partition coefficient (Wildman–Crippen LogP) is 7.42. The molecular formula is C30H55NO5P+. The molecule has 2 unspecified atom stereocenters. The van der Waals surface area contributed by atoms with E-state index < -0.39 is 7.60 Å². The van der Waals surface area contributed by atoms with Crippen molar-refractivity contribution in [2.24, 2.45) is 5.92 Å². The van der Waals surface area contributed by atoms with Crippen molar-refractivity contribution in [2.75, 3.05) is 47.1 Å². The number of quaternary nitrogens is 1. The number of ketones is 1. The number of carbonyl (C=O) groups is 1. The van der Waals surface area contributed by atoms with Crippen molar-refractivity contribution in [2.45, 2.75) is 97.3 Å². The van der Waals surface area contributed by atoms with Crippen LogP contribution in [0.4, 0.5) is 0 Å². The van der Waals surface area contributed by atoms with E-state index in [0.717, 1.165) is 35.4 Å². The van der Waals surface area contributed by atoms with Crippen molar-refractivity contribution in [1.29, 1.82) is 0 Å². The Hall–Kier alpha value is -1.20. The zero-order valence-corrected chi connectivity index (χ0v) is 25.3. The number of benzene rings is 1. The van der Waals surface area contributed by atoms with E-state index in [2.05, 4.69) is 28.1 Å². The standard InChI is InChI=1S/C30H54NO5P/c1-6-7-8-9-10-11-12-13-14-15-22-35-30-19-17-28(18-20-30)25-29(24-27(2)32)26-36-37(33,34)23-16-21-31(3,4)5/h17-20,29H,6-16,21-26H2,1-5H3/p+1. The van der Waals surface area contributed by atoms with Gasteiger partial charge in [0.15, 0.2) is 0 Å². The van der Waals surface area contributed by atoms with Crippen molar-refractivity contribution in [3.63, 3.8) is 0 Å². The maximum atomic E-state index is 12.5. The van der Waals surface area contributed by atoms with Crippen molar-refractivity contribution >= 4 is 13.4 Å². The van der Waals surface area contributed by atoms with E-state index in [1.807, 2.05) is 24.3 Å². The summed E-state index contributed by atoms with van der Waals surface area (Å²) in [5.74, 6) is 0.786. The van der Waals surface area contributed by atoms with Crippen LogP contribution in [-0.4, -0.2) is 62.2 Å². The molecule has 1 aromatic carbocycles. The highest BCUT2D eigenvalue weighted by Gasteiger charge is 2.23. The third-order valence-corrected chi connectivity index (χ3v) is 8.01. The Morgan fingerprint density at radius 2 is 1.49 bits per heavy atom. The number of nitrogens with zero attached hydrogens (tertiary/aromatic N) is 1. The van der Waals surface area contributed by atoms with E-state index in [1.165, 1.54) is 57.8 Å². The van der Waals surface area contributed by atoms with Crippen LogP contribution in [0.3, 0.4) is 0 Å². The second-order valence-corrected chi connectivity index (χ2v) is 13.7. The van der Waals surface area contributed by atoms with E-state index in [1.54, 1.807) is 6.92 Å². The van der Waals surface area contributed by atoms with E-state index in [0.29, 0.717) is 19.3 Å². The molecule has 0 amide bonds. The van der Waals surface area contributed by atoms with Gasteiger partial charge in [-0.25, -0.2) is 0 Å². The fourth-order valence-corrected chi connectivity index (χ4v) is 5.58. The van der Waals surface area contributed by atoms with Gasteiger partial charge in [0.2, 0.25) is 0 Å². The number of carbonyl (C=O) groups excluding carboxylic acids is 1. The zero-order chi connectivity index (χ0) is 27.6. The smallest absolute Gasteiger partial charge is 0.328 e. The minimum atomic E-state index is -3.66. The summed E-state index contributed by atoms with van der Waals surface area (Å²) < 4.78 is 24.6. The lowest BCUT2D eigenvalue weighted by molar-refractivity contribution is -0.870. The summed E-state index contributed by atoms with van der Waals surface area (Å²) >= 11 is 0. The van der Waals surface area contributed by atoms with Crippen molar-refractivity contribution < 1.29 is 28.0 Å². The molecule has 1 aromatic rings. The summed E-state index contributed by atoms with van der Waals surface area (Å²) in [6, 6.07) is 7.97. The Kier molecular flexibility index (Phi) is 17.3. The van der Waals surface area contributed by atoms with Gasteiger partial charge in [0, 0.05) is 12.8 Å². The van der Waals surface area contributed by atoms with Crippen LogP contribution in [0.2, 0.25) is 0 Å². The highest BCUT2D eigenvalue weighted by Crippen LogP contribution is 2.43. The number of rotatable bonds is 23. The van der Waals surface area contributed by atoms with Gasteiger partial charge >= 0.3 is 7.60 Å². The van der Waals surface area contributed by atoms with Gasteiger partial charge in [0.05, 0.1) is 47.1 Å². The highest BCUT2D eigenvalue weighted by molar-refractivity contribution is 7.52. The van der Waals surface area contributed by atoms with Crippen LogP contribution in [0.15, 0.2) is 24.3 Å². The van der Waals surface area contributed by atoms with E-state index in [-0.39, 0.29) is 24.5 Å². The molecule has 1 N–H and O–H groups in total. The Morgan fingerprint density at radius 1 is 0.919 bits per heavy atom. The number of unbranched alkanes of at least 4 members (excludes halogenated alkanes) is 9. The zero-order valence-electron chi connectivity index (χ0n) is 24.4. The molecule has 0 heterocycles. The molecular weight excluding hydrogens is 485 g/mol. The SMILES string of the molecule is CCCCCCCCCCCCOc1ccc(CC(COP(=O)(O)CCC[N+](C)(C)C)CC(C)=O)cc1. The first-order valence-corrected chi connectivity index (χ1v) is 16.2. The second-order valence-electron chi connectivity index (χ2n) is 11.7. The van der Waals surface area contributed by atoms with Crippen LogP contribution in [0.25, 0.3) is 0 Å². The van der Waals surface area contributed by atoms with Gasteiger partial charge < -0.3 is 23.4 Å². The topological polar surface area (TPSA) is 72.8 Å². The second kappa shape index (κ2) is 19.0. The Bertz CT molecular complexity index is 775. The monoisotopic (exact) mass is 540 g/mol. The third kappa shape index (κ3) is 19.5. The average Bonchev–Trinajstić information content (AvgIpc) is 2.81. The molecule has 6 nitrogen and oxygen atoms in total.